The molecule has 0 amide bonds. The van der Waals surface area contributed by atoms with E-state index in [1.807, 2.05) is 0 Å². The highest BCUT2D eigenvalue weighted by Crippen LogP contribution is 2.18. The minimum atomic E-state index is 0.534. The van der Waals surface area contributed by atoms with Crippen LogP contribution in [-0.2, 0) is 11.2 Å². The summed E-state index contributed by atoms with van der Waals surface area (Å²) < 4.78 is 0. The molecule has 80 valence electrons. The fourth-order valence-corrected chi connectivity index (χ4v) is 1.48. The lowest BCUT2D eigenvalue weighted by atomic mass is 9.97. The van der Waals surface area contributed by atoms with Gasteiger partial charge in [-0.3, -0.25) is 0 Å². The van der Waals surface area contributed by atoms with Crippen LogP contribution in [0.15, 0.2) is 29.3 Å². The molecule has 1 aromatic rings. The van der Waals surface area contributed by atoms with E-state index in [1.165, 1.54) is 11.1 Å². The number of rotatable bonds is 5. The van der Waals surface area contributed by atoms with E-state index < -0.39 is 0 Å². The number of hydrogen-bond donors (Lipinski definition) is 0. The Hall–Kier alpha value is -1.40. The van der Waals surface area contributed by atoms with Crippen molar-refractivity contribution >= 4 is 6.08 Å². The highest BCUT2D eigenvalue weighted by Gasteiger charge is 2.01. The SMILES string of the molecule is CCC(C)c1ccc(CCN=C=O)cc1. The van der Waals surface area contributed by atoms with E-state index in [1.54, 1.807) is 6.08 Å². The van der Waals surface area contributed by atoms with Gasteiger partial charge in [0.25, 0.3) is 0 Å². The van der Waals surface area contributed by atoms with E-state index >= 15 is 0 Å². The summed E-state index contributed by atoms with van der Waals surface area (Å²) in [5.41, 5.74) is 2.60. The molecule has 1 unspecified atom stereocenters. The quantitative estimate of drug-likeness (QED) is 0.534. The number of benzene rings is 1. The summed E-state index contributed by atoms with van der Waals surface area (Å²) in [5, 5.41) is 0. The molecule has 0 aliphatic heterocycles. The molecular weight excluding hydrogens is 186 g/mol. The Balaban J connectivity index is 2.59. The molecule has 0 radical (unpaired) electrons. The predicted molar refractivity (Wildman–Crippen MR) is 61.8 cm³/mol. The number of nitrogens with zero attached hydrogens (tertiary/aromatic N) is 1. The van der Waals surface area contributed by atoms with Gasteiger partial charge in [-0.1, -0.05) is 38.1 Å². The summed E-state index contributed by atoms with van der Waals surface area (Å²) in [6, 6.07) is 8.55. The third-order valence-electron chi connectivity index (χ3n) is 2.74. The van der Waals surface area contributed by atoms with Gasteiger partial charge in [0.05, 0.1) is 6.54 Å². The van der Waals surface area contributed by atoms with Gasteiger partial charge in [-0.25, -0.2) is 9.79 Å². The third kappa shape index (κ3) is 3.69. The minimum Gasteiger partial charge on any atom is -0.211 e. The number of isocyanates is 1. The van der Waals surface area contributed by atoms with Gasteiger partial charge in [-0.2, -0.15) is 0 Å². The van der Waals surface area contributed by atoms with Crippen LogP contribution in [0.4, 0.5) is 0 Å². The summed E-state index contributed by atoms with van der Waals surface area (Å²) in [6.45, 7) is 4.95. The zero-order valence-corrected chi connectivity index (χ0v) is 9.36. The molecule has 1 atom stereocenters. The van der Waals surface area contributed by atoms with Crippen molar-refractivity contribution in [3.8, 4) is 0 Å². The molecule has 0 N–H and O–H groups in total. The second-order valence-electron chi connectivity index (χ2n) is 3.77. The molecule has 15 heavy (non-hydrogen) atoms. The van der Waals surface area contributed by atoms with E-state index in [2.05, 4.69) is 43.1 Å². The normalized spacial score (nSPS) is 11.9. The Bertz CT molecular complexity index is 336. The molecule has 0 aromatic heterocycles. The van der Waals surface area contributed by atoms with Crippen LogP contribution < -0.4 is 0 Å². The van der Waals surface area contributed by atoms with Crippen LogP contribution in [0.5, 0.6) is 0 Å². The monoisotopic (exact) mass is 203 g/mol. The summed E-state index contributed by atoms with van der Waals surface area (Å²) in [7, 11) is 0. The van der Waals surface area contributed by atoms with Crippen molar-refractivity contribution in [3.63, 3.8) is 0 Å². The average Bonchev–Trinajstić information content (AvgIpc) is 2.29. The van der Waals surface area contributed by atoms with E-state index in [0.717, 1.165) is 12.8 Å². The smallest absolute Gasteiger partial charge is 0.211 e. The standard InChI is InChI=1S/C13H17NO/c1-3-11(2)13-6-4-12(5-7-13)8-9-14-10-15/h4-7,11H,3,8-9H2,1-2H3. The van der Waals surface area contributed by atoms with E-state index in [9.17, 15) is 4.79 Å². The molecule has 0 heterocycles. The second-order valence-corrected chi connectivity index (χ2v) is 3.77. The molecule has 0 spiro atoms. The highest BCUT2D eigenvalue weighted by atomic mass is 16.1. The topological polar surface area (TPSA) is 29.4 Å². The van der Waals surface area contributed by atoms with Crippen LogP contribution in [0, 0.1) is 0 Å². The Morgan fingerprint density at radius 2 is 2.00 bits per heavy atom. The van der Waals surface area contributed by atoms with Gasteiger partial charge in [-0.05, 0) is 29.9 Å². The van der Waals surface area contributed by atoms with Gasteiger partial charge in [0.2, 0.25) is 6.08 Å². The summed E-state index contributed by atoms with van der Waals surface area (Å²) >= 11 is 0. The Kier molecular flexibility index (Phi) is 4.79. The average molecular weight is 203 g/mol. The molecule has 2 nitrogen and oxygen atoms in total. The third-order valence-corrected chi connectivity index (χ3v) is 2.74. The Morgan fingerprint density at radius 3 is 2.53 bits per heavy atom. The van der Waals surface area contributed by atoms with Crippen molar-refractivity contribution in [1.82, 2.24) is 0 Å². The molecular formula is C13H17NO. The first-order valence-electron chi connectivity index (χ1n) is 5.40. The van der Waals surface area contributed by atoms with Crippen molar-refractivity contribution in [1.29, 1.82) is 0 Å². The van der Waals surface area contributed by atoms with Gasteiger partial charge in [0.1, 0.15) is 0 Å². The fourth-order valence-electron chi connectivity index (χ4n) is 1.48. The fraction of sp³-hybridized carbons (Fsp3) is 0.462. The lowest BCUT2D eigenvalue weighted by molar-refractivity contribution is 0.563. The Morgan fingerprint density at radius 1 is 1.33 bits per heavy atom. The zero-order valence-electron chi connectivity index (χ0n) is 9.36. The van der Waals surface area contributed by atoms with Gasteiger partial charge in [0.15, 0.2) is 0 Å². The molecule has 0 aliphatic rings. The first-order valence-corrected chi connectivity index (χ1v) is 5.40. The maximum atomic E-state index is 9.89. The van der Waals surface area contributed by atoms with Crippen LogP contribution >= 0.6 is 0 Å². The lowest BCUT2D eigenvalue weighted by Crippen LogP contribution is -1.93. The lowest BCUT2D eigenvalue weighted by Gasteiger charge is -2.09. The first kappa shape index (κ1) is 11.7. The Labute approximate surface area is 91.0 Å². The molecule has 0 saturated carbocycles. The minimum absolute atomic E-state index is 0.534. The summed E-state index contributed by atoms with van der Waals surface area (Å²) in [6.07, 6.45) is 3.53. The number of carbonyl (C=O) groups excluding carboxylic acids is 1. The van der Waals surface area contributed by atoms with Gasteiger partial charge >= 0.3 is 0 Å². The van der Waals surface area contributed by atoms with E-state index in [4.69, 9.17) is 0 Å². The van der Waals surface area contributed by atoms with Crippen molar-refractivity contribution in [2.45, 2.75) is 32.6 Å². The highest BCUT2D eigenvalue weighted by molar-refractivity contribution is 5.33. The number of hydrogen-bond acceptors (Lipinski definition) is 2. The maximum absolute atomic E-state index is 9.89. The van der Waals surface area contributed by atoms with Crippen LogP contribution in [-0.4, -0.2) is 12.6 Å². The van der Waals surface area contributed by atoms with Gasteiger partial charge in [0, 0.05) is 0 Å². The molecule has 0 bridgehead atoms. The largest absolute Gasteiger partial charge is 0.234 e. The van der Waals surface area contributed by atoms with Crippen molar-refractivity contribution < 1.29 is 4.79 Å². The zero-order chi connectivity index (χ0) is 11.1. The van der Waals surface area contributed by atoms with E-state index in [0.29, 0.717) is 12.5 Å². The van der Waals surface area contributed by atoms with Crippen LogP contribution in [0.1, 0.15) is 37.3 Å². The van der Waals surface area contributed by atoms with Gasteiger partial charge < -0.3 is 0 Å². The second kappa shape index (κ2) is 6.15. The van der Waals surface area contributed by atoms with Crippen LogP contribution in [0.2, 0.25) is 0 Å². The van der Waals surface area contributed by atoms with Crippen molar-refractivity contribution in [2.24, 2.45) is 4.99 Å². The molecule has 2 heteroatoms. The molecule has 1 rings (SSSR count). The van der Waals surface area contributed by atoms with Gasteiger partial charge in [-0.15, -0.1) is 0 Å². The van der Waals surface area contributed by atoms with Crippen LogP contribution in [0.3, 0.4) is 0 Å². The number of aliphatic imine (C=N–C) groups is 1. The predicted octanol–water partition coefficient (Wildman–Crippen LogP) is 3.08. The maximum Gasteiger partial charge on any atom is 0.234 e. The molecule has 0 aliphatic carbocycles. The first-order chi connectivity index (χ1) is 7.27. The molecule has 0 saturated heterocycles. The van der Waals surface area contributed by atoms with E-state index in [-0.39, 0.29) is 0 Å². The van der Waals surface area contributed by atoms with Crippen molar-refractivity contribution in [2.75, 3.05) is 6.54 Å². The summed E-state index contributed by atoms with van der Waals surface area (Å²) in [4.78, 5) is 13.4. The summed E-state index contributed by atoms with van der Waals surface area (Å²) in [5.74, 6) is 0.618. The van der Waals surface area contributed by atoms with Crippen LogP contribution in [0.25, 0.3) is 0 Å². The van der Waals surface area contributed by atoms with Crippen molar-refractivity contribution in [3.05, 3.63) is 35.4 Å². The molecule has 1 aromatic carbocycles. The molecule has 0 fully saturated rings.